The summed E-state index contributed by atoms with van der Waals surface area (Å²) in [6.45, 7) is 4.02. The van der Waals surface area contributed by atoms with Crippen LogP contribution in [0.3, 0.4) is 0 Å². The summed E-state index contributed by atoms with van der Waals surface area (Å²) >= 11 is 0. The van der Waals surface area contributed by atoms with E-state index in [-0.39, 0.29) is 0 Å². The van der Waals surface area contributed by atoms with Gasteiger partial charge in [-0.1, -0.05) is 6.92 Å². The Bertz CT molecular complexity index is 226. The van der Waals surface area contributed by atoms with Crippen LogP contribution in [-0.2, 0) is 11.2 Å². The Kier molecular flexibility index (Phi) is 6.12. The molecule has 0 amide bonds. The van der Waals surface area contributed by atoms with Gasteiger partial charge in [-0.25, -0.2) is 0 Å². The average Bonchev–Trinajstić information content (AvgIpc) is 2.74. The van der Waals surface area contributed by atoms with Gasteiger partial charge in [-0.05, 0) is 31.5 Å². The topological polar surface area (TPSA) is 34.4 Å². The van der Waals surface area contributed by atoms with E-state index in [9.17, 15) is 0 Å². The van der Waals surface area contributed by atoms with E-state index in [1.165, 1.54) is 0 Å². The molecule has 0 spiro atoms. The van der Waals surface area contributed by atoms with Crippen molar-refractivity contribution in [3.05, 3.63) is 24.2 Å². The summed E-state index contributed by atoms with van der Waals surface area (Å²) in [5, 5.41) is 3.50. The fourth-order valence-corrected chi connectivity index (χ4v) is 1.56. The van der Waals surface area contributed by atoms with E-state index in [4.69, 9.17) is 9.15 Å². The van der Waals surface area contributed by atoms with Crippen LogP contribution in [0.25, 0.3) is 0 Å². The van der Waals surface area contributed by atoms with Crippen LogP contribution in [0.1, 0.15) is 25.5 Å². The van der Waals surface area contributed by atoms with Gasteiger partial charge in [-0.3, -0.25) is 0 Å². The molecule has 1 N–H and O–H groups in total. The van der Waals surface area contributed by atoms with Crippen molar-refractivity contribution in [2.75, 3.05) is 20.3 Å². The first-order valence-electron chi connectivity index (χ1n) is 5.61. The third-order valence-electron chi connectivity index (χ3n) is 2.38. The first kappa shape index (κ1) is 12.3. The van der Waals surface area contributed by atoms with Crippen molar-refractivity contribution in [3.63, 3.8) is 0 Å². The number of furan rings is 1. The molecule has 1 atom stereocenters. The zero-order chi connectivity index (χ0) is 10.9. The molecule has 1 aromatic heterocycles. The second-order valence-electron chi connectivity index (χ2n) is 3.72. The summed E-state index contributed by atoms with van der Waals surface area (Å²) in [6, 6.07) is 4.41. The summed E-state index contributed by atoms with van der Waals surface area (Å²) in [5.74, 6) is 1.04. The van der Waals surface area contributed by atoms with E-state index in [0.29, 0.717) is 6.04 Å². The van der Waals surface area contributed by atoms with Crippen LogP contribution in [-0.4, -0.2) is 26.3 Å². The maximum absolute atomic E-state index is 5.34. The fraction of sp³-hybridized carbons (Fsp3) is 0.667. The second kappa shape index (κ2) is 7.49. The molecule has 1 aromatic rings. The van der Waals surface area contributed by atoms with Crippen LogP contribution in [0.2, 0.25) is 0 Å². The summed E-state index contributed by atoms with van der Waals surface area (Å²) in [6.07, 6.45) is 4.84. The molecule has 3 heteroatoms. The van der Waals surface area contributed by atoms with Crippen LogP contribution in [0.5, 0.6) is 0 Å². The number of methoxy groups -OCH3 is 1. The lowest BCUT2D eigenvalue weighted by atomic mass is 10.1. The molecule has 0 saturated carbocycles. The van der Waals surface area contributed by atoms with Crippen LogP contribution >= 0.6 is 0 Å². The van der Waals surface area contributed by atoms with Crippen molar-refractivity contribution in [3.8, 4) is 0 Å². The molecule has 0 aliphatic carbocycles. The normalized spacial score (nSPS) is 12.9. The lowest BCUT2D eigenvalue weighted by Gasteiger charge is -2.16. The predicted octanol–water partition coefficient (Wildman–Crippen LogP) is 2.23. The number of rotatable bonds is 8. The molecular weight excluding hydrogens is 190 g/mol. The SMILES string of the molecule is CCCNC(CCOC)Cc1ccco1. The van der Waals surface area contributed by atoms with Crippen molar-refractivity contribution < 1.29 is 9.15 Å². The third kappa shape index (κ3) is 5.00. The molecule has 1 heterocycles. The minimum absolute atomic E-state index is 0.455. The van der Waals surface area contributed by atoms with Gasteiger partial charge in [0.05, 0.1) is 6.26 Å². The van der Waals surface area contributed by atoms with Gasteiger partial charge in [0.25, 0.3) is 0 Å². The van der Waals surface area contributed by atoms with Crippen LogP contribution in [0, 0.1) is 0 Å². The Morgan fingerprint density at radius 1 is 1.53 bits per heavy atom. The van der Waals surface area contributed by atoms with Crippen LogP contribution in [0.4, 0.5) is 0 Å². The van der Waals surface area contributed by atoms with Gasteiger partial charge in [0.2, 0.25) is 0 Å². The number of ether oxygens (including phenoxy) is 1. The number of hydrogen-bond donors (Lipinski definition) is 1. The van der Waals surface area contributed by atoms with E-state index < -0.39 is 0 Å². The molecule has 0 aromatic carbocycles. The van der Waals surface area contributed by atoms with Crippen LogP contribution in [0.15, 0.2) is 22.8 Å². The molecule has 0 aliphatic rings. The minimum Gasteiger partial charge on any atom is -0.469 e. The van der Waals surface area contributed by atoms with Crippen molar-refractivity contribution >= 4 is 0 Å². The summed E-state index contributed by atoms with van der Waals surface area (Å²) in [4.78, 5) is 0. The predicted molar refractivity (Wildman–Crippen MR) is 61.0 cm³/mol. The lowest BCUT2D eigenvalue weighted by Crippen LogP contribution is -2.32. The first-order valence-corrected chi connectivity index (χ1v) is 5.61. The highest BCUT2D eigenvalue weighted by Crippen LogP contribution is 2.06. The molecule has 0 aliphatic heterocycles. The molecule has 0 radical (unpaired) electrons. The zero-order valence-corrected chi connectivity index (χ0v) is 9.66. The van der Waals surface area contributed by atoms with Gasteiger partial charge in [-0.15, -0.1) is 0 Å². The van der Waals surface area contributed by atoms with Crippen molar-refractivity contribution in [1.29, 1.82) is 0 Å². The molecule has 15 heavy (non-hydrogen) atoms. The summed E-state index contributed by atoms with van der Waals surface area (Å²) < 4.78 is 10.4. The van der Waals surface area contributed by atoms with Crippen molar-refractivity contribution in [1.82, 2.24) is 5.32 Å². The third-order valence-corrected chi connectivity index (χ3v) is 2.38. The Balaban J connectivity index is 2.33. The molecule has 0 bridgehead atoms. The highest BCUT2D eigenvalue weighted by Gasteiger charge is 2.09. The van der Waals surface area contributed by atoms with Gasteiger partial charge < -0.3 is 14.5 Å². The zero-order valence-electron chi connectivity index (χ0n) is 9.66. The number of hydrogen-bond acceptors (Lipinski definition) is 3. The monoisotopic (exact) mass is 211 g/mol. The van der Waals surface area contributed by atoms with E-state index in [2.05, 4.69) is 12.2 Å². The fourth-order valence-electron chi connectivity index (χ4n) is 1.56. The Labute approximate surface area is 91.8 Å². The standard InChI is InChI=1S/C12H21NO2/c1-3-7-13-11(6-9-14-2)10-12-5-4-8-15-12/h4-5,8,11,13H,3,6-7,9-10H2,1-2H3. The van der Waals surface area contributed by atoms with E-state index >= 15 is 0 Å². The Hall–Kier alpha value is -0.800. The van der Waals surface area contributed by atoms with Gasteiger partial charge in [-0.2, -0.15) is 0 Å². The highest BCUT2D eigenvalue weighted by molar-refractivity contribution is 5.00. The molecule has 86 valence electrons. The Morgan fingerprint density at radius 2 is 2.40 bits per heavy atom. The van der Waals surface area contributed by atoms with Crippen LogP contribution < -0.4 is 5.32 Å². The van der Waals surface area contributed by atoms with E-state index in [1.807, 2.05) is 12.1 Å². The molecular formula is C12H21NO2. The minimum atomic E-state index is 0.455. The Morgan fingerprint density at radius 3 is 3.00 bits per heavy atom. The van der Waals surface area contributed by atoms with E-state index in [1.54, 1.807) is 13.4 Å². The lowest BCUT2D eigenvalue weighted by molar-refractivity contribution is 0.181. The largest absolute Gasteiger partial charge is 0.469 e. The summed E-state index contributed by atoms with van der Waals surface area (Å²) in [7, 11) is 1.74. The maximum atomic E-state index is 5.34. The first-order chi connectivity index (χ1) is 7.36. The maximum Gasteiger partial charge on any atom is 0.105 e. The summed E-state index contributed by atoms with van der Waals surface area (Å²) in [5.41, 5.74) is 0. The van der Waals surface area contributed by atoms with Gasteiger partial charge >= 0.3 is 0 Å². The average molecular weight is 211 g/mol. The van der Waals surface area contributed by atoms with Gasteiger partial charge in [0, 0.05) is 26.2 Å². The highest BCUT2D eigenvalue weighted by atomic mass is 16.5. The van der Waals surface area contributed by atoms with Gasteiger partial charge in [0.15, 0.2) is 0 Å². The van der Waals surface area contributed by atoms with E-state index in [0.717, 1.165) is 38.2 Å². The smallest absolute Gasteiger partial charge is 0.105 e. The molecule has 3 nitrogen and oxygen atoms in total. The van der Waals surface area contributed by atoms with Crippen molar-refractivity contribution in [2.45, 2.75) is 32.2 Å². The second-order valence-corrected chi connectivity index (χ2v) is 3.72. The molecule has 0 fully saturated rings. The quantitative estimate of drug-likeness (QED) is 0.716. The molecule has 1 rings (SSSR count). The molecule has 1 unspecified atom stereocenters. The molecule has 0 saturated heterocycles. The number of nitrogens with one attached hydrogen (secondary N) is 1. The van der Waals surface area contributed by atoms with Gasteiger partial charge in [0.1, 0.15) is 5.76 Å². The van der Waals surface area contributed by atoms with Crippen molar-refractivity contribution in [2.24, 2.45) is 0 Å².